The summed E-state index contributed by atoms with van der Waals surface area (Å²) in [4.78, 5) is 15.3. The number of methoxy groups -OCH3 is 1. The summed E-state index contributed by atoms with van der Waals surface area (Å²) in [6, 6.07) is 3.96. The molecule has 0 spiro atoms. The van der Waals surface area contributed by atoms with Gasteiger partial charge in [-0.15, -0.1) is 0 Å². The zero-order chi connectivity index (χ0) is 10.6. The Morgan fingerprint density at radius 2 is 2.29 bits per heavy atom. The number of nitrogens with two attached hydrogens (primary N) is 1. The molecule has 1 rings (SSSR count). The number of carbonyl (C=O) groups excluding carboxylic acids is 1. The molecular weight excluding hydrogens is 189 g/mol. The lowest BCUT2D eigenvalue weighted by Gasteiger charge is -2.03. The lowest BCUT2D eigenvalue weighted by Crippen LogP contribution is -2.05. The number of esters is 1. The SMILES string of the molecule is COC(=O)c1ccc(CON)c(F)c1. The Bertz CT molecular complexity index is 341. The van der Waals surface area contributed by atoms with Crippen molar-refractivity contribution in [3.8, 4) is 0 Å². The van der Waals surface area contributed by atoms with Crippen LogP contribution in [0.3, 0.4) is 0 Å². The normalized spacial score (nSPS) is 9.93. The Balaban J connectivity index is 2.94. The van der Waals surface area contributed by atoms with Crippen LogP contribution < -0.4 is 5.90 Å². The first-order chi connectivity index (χ1) is 6.69. The molecule has 0 aliphatic rings. The van der Waals surface area contributed by atoms with Crippen LogP contribution in [0.5, 0.6) is 0 Å². The highest BCUT2D eigenvalue weighted by molar-refractivity contribution is 5.89. The van der Waals surface area contributed by atoms with Crippen LogP contribution in [-0.4, -0.2) is 13.1 Å². The van der Waals surface area contributed by atoms with Crippen molar-refractivity contribution < 1.29 is 18.8 Å². The Kier molecular flexibility index (Phi) is 3.55. The number of hydrogen-bond acceptors (Lipinski definition) is 4. The molecule has 2 N–H and O–H groups in total. The molecule has 14 heavy (non-hydrogen) atoms. The Morgan fingerprint density at radius 1 is 1.57 bits per heavy atom. The van der Waals surface area contributed by atoms with Gasteiger partial charge in [-0.05, 0) is 12.1 Å². The maximum Gasteiger partial charge on any atom is 0.337 e. The second-order valence-corrected chi connectivity index (χ2v) is 2.61. The fourth-order valence-corrected chi connectivity index (χ4v) is 0.999. The molecule has 4 nitrogen and oxygen atoms in total. The number of ether oxygens (including phenoxy) is 1. The van der Waals surface area contributed by atoms with E-state index in [1.807, 2.05) is 0 Å². The minimum Gasteiger partial charge on any atom is -0.465 e. The van der Waals surface area contributed by atoms with Crippen LogP contribution >= 0.6 is 0 Å². The quantitative estimate of drug-likeness (QED) is 0.582. The van der Waals surface area contributed by atoms with Crippen LogP contribution in [-0.2, 0) is 16.2 Å². The molecule has 0 unspecified atom stereocenters. The lowest BCUT2D eigenvalue weighted by molar-refractivity contribution is 0.0600. The number of halogens is 1. The van der Waals surface area contributed by atoms with Crippen molar-refractivity contribution in [1.29, 1.82) is 0 Å². The first kappa shape index (κ1) is 10.6. The van der Waals surface area contributed by atoms with Crippen molar-refractivity contribution in [3.05, 3.63) is 35.1 Å². The van der Waals surface area contributed by atoms with E-state index in [0.717, 1.165) is 6.07 Å². The van der Waals surface area contributed by atoms with Crippen LogP contribution in [0.4, 0.5) is 4.39 Å². The van der Waals surface area contributed by atoms with E-state index >= 15 is 0 Å². The molecular formula is C9H10FNO3. The van der Waals surface area contributed by atoms with Gasteiger partial charge >= 0.3 is 5.97 Å². The third-order valence-electron chi connectivity index (χ3n) is 1.71. The van der Waals surface area contributed by atoms with E-state index in [0.29, 0.717) is 5.56 Å². The van der Waals surface area contributed by atoms with Gasteiger partial charge < -0.3 is 4.74 Å². The molecule has 0 bridgehead atoms. The summed E-state index contributed by atoms with van der Waals surface area (Å²) in [5, 5.41) is 0. The molecule has 0 fully saturated rings. The Labute approximate surface area is 80.4 Å². The van der Waals surface area contributed by atoms with E-state index in [9.17, 15) is 9.18 Å². The number of hydrogen-bond donors (Lipinski definition) is 1. The van der Waals surface area contributed by atoms with Crippen LogP contribution in [0, 0.1) is 5.82 Å². The highest BCUT2D eigenvalue weighted by Crippen LogP contribution is 2.11. The minimum atomic E-state index is -0.580. The first-order valence-electron chi connectivity index (χ1n) is 3.87. The summed E-state index contributed by atoms with van der Waals surface area (Å²) in [6.45, 7) is -0.0344. The fourth-order valence-electron chi connectivity index (χ4n) is 0.999. The van der Waals surface area contributed by atoms with Gasteiger partial charge in [0.25, 0.3) is 0 Å². The Hall–Kier alpha value is -1.46. The standard InChI is InChI=1S/C9H10FNO3/c1-13-9(12)6-2-3-7(5-14-11)8(10)4-6/h2-4H,5,11H2,1H3. The van der Waals surface area contributed by atoms with Crippen LogP contribution in [0.15, 0.2) is 18.2 Å². The van der Waals surface area contributed by atoms with Gasteiger partial charge in [-0.3, -0.25) is 4.84 Å². The van der Waals surface area contributed by atoms with E-state index in [4.69, 9.17) is 5.90 Å². The third kappa shape index (κ3) is 2.27. The van der Waals surface area contributed by atoms with Gasteiger partial charge in [-0.2, -0.15) is 0 Å². The molecule has 0 saturated carbocycles. The highest BCUT2D eigenvalue weighted by Gasteiger charge is 2.09. The van der Waals surface area contributed by atoms with Crippen LogP contribution in [0.2, 0.25) is 0 Å². The second kappa shape index (κ2) is 4.69. The van der Waals surface area contributed by atoms with Gasteiger partial charge in [0.2, 0.25) is 0 Å². The third-order valence-corrected chi connectivity index (χ3v) is 1.71. The molecule has 0 aromatic heterocycles. The average molecular weight is 199 g/mol. The molecule has 0 saturated heterocycles. The fraction of sp³-hybridized carbons (Fsp3) is 0.222. The zero-order valence-electron chi connectivity index (χ0n) is 7.62. The molecule has 1 aromatic carbocycles. The molecule has 76 valence electrons. The first-order valence-corrected chi connectivity index (χ1v) is 3.87. The van der Waals surface area contributed by atoms with Gasteiger partial charge in [0, 0.05) is 5.56 Å². The second-order valence-electron chi connectivity index (χ2n) is 2.61. The minimum absolute atomic E-state index is 0.0344. The Morgan fingerprint density at radius 3 is 2.79 bits per heavy atom. The molecule has 1 aromatic rings. The van der Waals surface area contributed by atoms with E-state index in [1.54, 1.807) is 0 Å². The lowest BCUT2D eigenvalue weighted by atomic mass is 10.1. The number of rotatable bonds is 3. The van der Waals surface area contributed by atoms with Crippen molar-refractivity contribution in [1.82, 2.24) is 0 Å². The molecule has 0 heterocycles. The summed E-state index contributed by atoms with van der Waals surface area (Å²) >= 11 is 0. The van der Waals surface area contributed by atoms with E-state index in [2.05, 4.69) is 9.57 Å². The molecule has 0 aliphatic carbocycles. The summed E-state index contributed by atoms with van der Waals surface area (Å²) < 4.78 is 17.6. The van der Waals surface area contributed by atoms with Crippen LogP contribution in [0.25, 0.3) is 0 Å². The summed E-state index contributed by atoms with van der Waals surface area (Å²) in [6.07, 6.45) is 0. The van der Waals surface area contributed by atoms with Gasteiger partial charge in [-0.25, -0.2) is 15.1 Å². The van der Waals surface area contributed by atoms with Crippen molar-refractivity contribution in [2.75, 3.05) is 7.11 Å². The predicted molar refractivity (Wildman–Crippen MR) is 46.7 cm³/mol. The number of carbonyl (C=O) groups is 1. The summed E-state index contributed by atoms with van der Waals surface area (Å²) in [7, 11) is 1.23. The van der Waals surface area contributed by atoms with Gasteiger partial charge in [0.05, 0.1) is 19.3 Å². The summed E-state index contributed by atoms with van der Waals surface area (Å²) in [5.41, 5.74) is 0.450. The van der Waals surface area contributed by atoms with Gasteiger partial charge in [-0.1, -0.05) is 6.07 Å². The highest BCUT2D eigenvalue weighted by atomic mass is 19.1. The molecule has 0 amide bonds. The molecule has 0 aliphatic heterocycles. The monoisotopic (exact) mass is 199 g/mol. The van der Waals surface area contributed by atoms with Gasteiger partial charge in [0.15, 0.2) is 0 Å². The van der Waals surface area contributed by atoms with Crippen molar-refractivity contribution in [3.63, 3.8) is 0 Å². The average Bonchev–Trinajstić information content (AvgIpc) is 2.20. The summed E-state index contributed by atoms with van der Waals surface area (Å²) in [5.74, 6) is 3.67. The smallest absolute Gasteiger partial charge is 0.337 e. The number of benzene rings is 1. The topological polar surface area (TPSA) is 61.5 Å². The molecule has 0 radical (unpaired) electrons. The zero-order valence-corrected chi connectivity index (χ0v) is 7.62. The maximum atomic E-state index is 13.2. The van der Waals surface area contributed by atoms with E-state index < -0.39 is 11.8 Å². The van der Waals surface area contributed by atoms with E-state index in [1.165, 1.54) is 19.2 Å². The largest absolute Gasteiger partial charge is 0.465 e. The van der Waals surface area contributed by atoms with Crippen molar-refractivity contribution >= 4 is 5.97 Å². The van der Waals surface area contributed by atoms with Crippen molar-refractivity contribution in [2.24, 2.45) is 5.90 Å². The van der Waals surface area contributed by atoms with Crippen LogP contribution in [0.1, 0.15) is 15.9 Å². The van der Waals surface area contributed by atoms with Gasteiger partial charge in [0.1, 0.15) is 5.82 Å². The molecule has 5 heteroatoms. The molecule has 0 atom stereocenters. The maximum absolute atomic E-state index is 13.2. The van der Waals surface area contributed by atoms with E-state index in [-0.39, 0.29) is 12.2 Å². The van der Waals surface area contributed by atoms with Crippen molar-refractivity contribution in [2.45, 2.75) is 6.61 Å². The predicted octanol–water partition coefficient (Wildman–Crippen LogP) is 1.00.